The van der Waals surface area contributed by atoms with Gasteiger partial charge < -0.3 is 9.97 Å². The Morgan fingerprint density at radius 3 is 1.27 bits per heavy atom. The van der Waals surface area contributed by atoms with E-state index in [4.69, 9.17) is 0 Å². The molecule has 3 aromatic heterocycles. The first-order chi connectivity index (χ1) is 12.8. The molecule has 0 aliphatic carbocycles. The second-order valence-electron chi connectivity index (χ2n) is 5.91. The van der Waals surface area contributed by atoms with Crippen LogP contribution >= 0.6 is 0 Å². The molecule has 0 fully saturated rings. The number of H-pyrrole nitrogens is 2. The molecule has 0 spiro atoms. The Hall–Kier alpha value is -3.84. The summed E-state index contributed by atoms with van der Waals surface area (Å²) in [6.07, 6.45) is 16.0. The predicted molar refractivity (Wildman–Crippen MR) is 109 cm³/mol. The minimum atomic E-state index is 0.915. The summed E-state index contributed by atoms with van der Waals surface area (Å²) < 4.78 is 0. The Morgan fingerprint density at radius 2 is 0.846 bits per heavy atom. The zero-order chi connectivity index (χ0) is 17.9. The van der Waals surface area contributed by atoms with Crippen LogP contribution in [0.4, 0.5) is 0 Å². The zero-order valence-electron chi connectivity index (χ0n) is 14.0. The van der Waals surface area contributed by atoms with Crippen LogP contribution < -0.4 is 0 Å². The monoisotopic (exact) mass is 336 g/mol. The molecule has 0 unspecified atom stereocenters. The van der Waals surface area contributed by atoms with E-state index in [1.807, 2.05) is 42.5 Å². The minimum Gasteiger partial charge on any atom is -0.355 e. The summed E-state index contributed by atoms with van der Waals surface area (Å²) in [5, 5.41) is 0. The van der Waals surface area contributed by atoms with E-state index in [9.17, 15) is 0 Å². The molecule has 2 N–H and O–H groups in total. The van der Waals surface area contributed by atoms with Crippen LogP contribution in [0.25, 0.3) is 46.4 Å². The van der Waals surface area contributed by atoms with Gasteiger partial charge in [0.05, 0.1) is 22.8 Å². The molecule has 4 nitrogen and oxygen atoms in total. The Kier molecular flexibility index (Phi) is 3.97. The summed E-state index contributed by atoms with van der Waals surface area (Å²) in [7, 11) is 0. The third-order valence-electron chi connectivity index (χ3n) is 4.04. The van der Waals surface area contributed by atoms with Crippen molar-refractivity contribution in [1.29, 1.82) is 0 Å². The quantitative estimate of drug-likeness (QED) is 0.395. The van der Waals surface area contributed by atoms with Crippen molar-refractivity contribution >= 4 is 46.4 Å². The SMILES string of the molecule is C#C.C1=Cc2cc3ccc(cc4ccc(cc5nc(cc1n2)C=C5)[nH]4)[nH]3. The smallest absolute Gasteiger partial charge is 0.0659 e. The Labute approximate surface area is 151 Å². The fourth-order valence-corrected chi connectivity index (χ4v) is 2.94. The zero-order valence-corrected chi connectivity index (χ0v) is 14.0. The first-order valence-corrected chi connectivity index (χ1v) is 8.18. The number of aromatic nitrogens is 4. The molecule has 4 heteroatoms. The highest BCUT2D eigenvalue weighted by Gasteiger charge is 2.02. The molecule has 0 radical (unpaired) electrons. The predicted octanol–water partition coefficient (Wildman–Crippen LogP) is 4.91. The van der Waals surface area contributed by atoms with Gasteiger partial charge in [0.1, 0.15) is 0 Å². The van der Waals surface area contributed by atoms with Gasteiger partial charge in [0.2, 0.25) is 0 Å². The molecule has 0 aromatic carbocycles. The number of nitrogens with one attached hydrogen (secondary N) is 2. The van der Waals surface area contributed by atoms with Crippen LogP contribution in [0, 0.1) is 12.8 Å². The van der Waals surface area contributed by atoms with Crippen LogP contribution in [-0.2, 0) is 0 Å². The molecule has 0 saturated carbocycles. The average molecular weight is 336 g/mol. The second kappa shape index (κ2) is 6.58. The Bertz CT molecular complexity index is 1110. The molecule has 0 atom stereocenters. The van der Waals surface area contributed by atoms with Gasteiger partial charge in [0.25, 0.3) is 0 Å². The maximum atomic E-state index is 4.62. The summed E-state index contributed by atoms with van der Waals surface area (Å²) in [6, 6.07) is 16.4. The van der Waals surface area contributed by atoms with Crippen molar-refractivity contribution in [1.82, 2.24) is 19.9 Å². The molecule has 2 aliphatic rings. The lowest BCUT2D eigenvalue weighted by atomic mass is 10.3. The average Bonchev–Trinajstić information content (AvgIpc) is 3.42. The van der Waals surface area contributed by atoms with E-state index in [1.165, 1.54) is 0 Å². The summed E-state index contributed by atoms with van der Waals surface area (Å²) in [5.74, 6) is 0. The molecule has 124 valence electrons. The van der Waals surface area contributed by atoms with Gasteiger partial charge in [0, 0.05) is 22.1 Å². The number of nitrogens with zero attached hydrogens (tertiary/aromatic N) is 2. The highest BCUT2D eigenvalue weighted by atomic mass is 14.8. The normalized spacial score (nSPS) is 11.8. The van der Waals surface area contributed by atoms with Crippen molar-refractivity contribution in [2.45, 2.75) is 0 Å². The van der Waals surface area contributed by atoms with Gasteiger partial charge in [0.15, 0.2) is 0 Å². The van der Waals surface area contributed by atoms with E-state index < -0.39 is 0 Å². The van der Waals surface area contributed by atoms with Crippen LogP contribution in [0.3, 0.4) is 0 Å². The van der Waals surface area contributed by atoms with Gasteiger partial charge in [-0.15, -0.1) is 12.8 Å². The van der Waals surface area contributed by atoms with Crippen molar-refractivity contribution in [3.8, 4) is 12.8 Å². The molecule has 8 bridgehead atoms. The van der Waals surface area contributed by atoms with Gasteiger partial charge in [-0.05, 0) is 72.8 Å². The van der Waals surface area contributed by atoms with Crippen LogP contribution in [0.2, 0.25) is 0 Å². The van der Waals surface area contributed by atoms with Crippen molar-refractivity contribution in [2.75, 3.05) is 0 Å². The van der Waals surface area contributed by atoms with Gasteiger partial charge in [-0.1, -0.05) is 0 Å². The first kappa shape index (κ1) is 15.7. The van der Waals surface area contributed by atoms with Gasteiger partial charge in [-0.25, -0.2) is 9.97 Å². The summed E-state index contributed by atoms with van der Waals surface area (Å²) >= 11 is 0. The molecular formula is C22H16N4. The molecule has 0 saturated heterocycles. The fourth-order valence-electron chi connectivity index (χ4n) is 2.94. The largest absolute Gasteiger partial charge is 0.355 e. The van der Waals surface area contributed by atoms with E-state index in [0.29, 0.717) is 0 Å². The van der Waals surface area contributed by atoms with Gasteiger partial charge in [-0.2, -0.15) is 0 Å². The van der Waals surface area contributed by atoms with E-state index in [1.54, 1.807) is 0 Å². The van der Waals surface area contributed by atoms with E-state index in [2.05, 4.69) is 63.1 Å². The van der Waals surface area contributed by atoms with Gasteiger partial charge in [-0.3, -0.25) is 0 Å². The molecule has 0 amide bonds. The van der Waals surface area contributed by atoms with Crippen LogP contribution in [0.5, 0.6) is 0 Å². The third-order valence-corrected chi connectivity index (χ3v) is 4.04. The van der Waals surface area contributed by atoms with E-state index in [-0.39, 0.29) is 0 Å². The number of rotatable bonds is 0. The third kappa shape index (κ3) is 3.19. The Balaban J connectivity index is 0.000000814. The summed E-state index contributed by atoms with van der Waals surface area (Å²) in [6.45, 7) is 0. The summed E-state index contributed by atoms with van der Waals surface area (Å²) in [5.41, 5.74) is 7.86. The van der Waals surface area contributed by atoms with Crippen LogP contribution in [-0.4, -0.2) is 19.9 Å². The van der Waals surface area contributed by atoms with Crippen molar-refractivity contribution in [3.05, 3.63) is 71.3 Å². The van der Waals surface area contributed by atoms with Crippen LogP contribution in [0.15, 0.2) is 48.5 Å². The highest BCUT2D eigenvalue weighted by Crippen LogP contribution is 2.17. The topological polar surface area (TPSA) is 57.4 Å². The molecule has 5 rings (SSSR count). The number of fused-ring (bicyclic) bond motifs is 8. The molecule has 5 heterocycles. The molecule has 3 aromatic rings. The number of hydrogen-bond donors (Lipinski definition) is 2. The Morgan fingerprint density at radius 1 is 0.500 bits per heavy atom. The molecule has 26 heavy (non-hydrogen) atoms. The first-order valence-electron chi connectivity index (χ1n) is 8.18. The number of terminal acetylenes is 1. The number of hydrogen-bond acceptors (Lipinski definition) is 2. The van der Waals surface area contributed by atoms with Crippen molar-refractivity contribution in [2.24, 2.45) is 0 Å². The maximum Gasteiger partial charge on any atom is 0.0659 e. The second-order valence-corrected chi connectivity index (χ2v) is 5.91. The van der Waals surface area contributed by atoms with Crippen molar-refractivity contribution in [3.63, 3.8) is 0 Å². The lowest BCUT2D eigenvalue weighted by Gasteiger charge is -1.86. The van der Waals surface area contributed by atoms with Crippen LogP contribution in [0.1, 0.15) is 22.8 Å². The maximum absolute atomic E-state index is 4.62. The lowest BCUT2D eigenvalue weighted by Crippen LogP contribution is -1.77. The highest BCUT2D eigenvalue weighted by molar-refractivity contribution is 5.77. The summed E-state index contributed by atoms with van der Waals surface area (Å²) in [4.78, 5) is 16.0. The minimum absolute atomic E-state index is 0.915. The standard InChI is InChI=1S/C20H14N4.C2H2/c1-2-14-10-16-5-6-18(23-16)12-20-8-7-19(24-20)11-17-4-3-15(22-17)9-13(1)21-14;1-2/h1-12,21-22H;1-2H. The van der Waals surface area contributed by atoms with E-state index >= 15 is 0 Å². The van der Waals surface area contributed by atoms with Gasteiger partial charge >= 0.3 is 0 Å². The molecular weight excluding hydrogens is 320 g/mol. The fraction of sp³-hybridized carbons (Fsp3) is 0. The number of aromatic amines is 2. The lowest BCUT2D eigenvalue weighted by molar-refractivity contribution is 1.28. The van der Waals surface area contributed by atoms with Crippen molar-refractivity contribution < 1.29 is 0 Å². The van der Waals surface area contributed by atoms with E-state index in [0.717, 1.165) is 44.8 Å². The molecule has 2 aliphatic heterocycles.